The van der Waals surface area contributed by atoms with E-state index in [1.807, 2.05) is 6.92 Å². The van der Waals surface area contributed by atoms with Gasteiger partial charge in [0.05, 0.1) is 13.2 Å². The molecule has 92 valence electrons. The number of rotatable bonds is 9. The van der Waals surface area contributed by atoms with E-state index in [4.69, 9.17) is 18.9 Å². The summed E-state index contributed by atoms with van der Waals surface area (Å²) >= 11 is 0. The van der Waals surface area contributed by atoms with E-state index in [1.165, 1.54) is 0 Å². The van der Waals surface area contributed by atoms with Crippen LogP contribution in [0.5, 0.6) is 0 Å². The molecule has 0 saturated carbocycles. The Morgan fingerprint density at radius 3 is 2.27 bits per heavy atom. The zero-order chi connectivity index (χ0) is 11.7. The molecule has 0 aromatic carbocycles. The minimum absolute atomic E-state index is 0.129. The van der Waals surface area contributed by atoms with Crippen LogP contribution in [0, 0.1) is 0 Å². The van der Waals surface area contributed by atoms with E-state index >= 15 is 0 Å². The number of hydrogen-bond acceptors (Lipinski definition) is 4. The van der Waals surface area contributed by atoms with E-state index in [9.17, 15) is 0 Å². The molecule has 15 heavy (non-hydrogen) atoms. The Morgan fingerprint density at radius 1 is 1.07 bits per heavy atom. The van der Waals surface area contributed by atoms with Crippen LogP contribution in [0.1, 0.15) is 6.92 Å². The van der Waals surface area contributed by atoms with Crippen molar-refractivity contribution in [2.24, 2.45) is 0 Å². The molecule has 0 aliphatic heterocycles. The van der Waals surface area contributed by atoms with E-state index in [1.54, 1.807) is 14.2 Å². The van der Waals surface area contributed by atoms with Crippen molar-refractivity contribution in [3.05, 3.63) is 0 Å². The number of methoxy groups -OCH3 is 2. The van der Waals surface area contributed by atoms with Crippen molar-refractivity contribution in [2.75, 3.05) is 39.9 Å². The van der Waals surface area contributed by atoms with Crippen LogP contribution in [0.3, 0.4) is 0 Å². The first-order valence-corrected chi connectivity index (χ1v) is 8.64. The van der Waals surface area contributed by atoms with E-state index in [0.29, 0.717) is 13.2 Å². The van der Waals surface area contributed by atoms with Crippen LogP contribution in [-0.4, -0.2) is 54.3 Å². The molecule has 0 aliphatic rings. The average Bonchev–Trinajstić information content (AvgIpc) is 2.21. The van der Waals surface area contributed by atoms with Crippen LogP contribution in [-0.2, 0) is 18.9 Å². The highest BCUT2D eigenvalue weighted by Gasteiger charge is 2.22. The van der Waals surface area contributed by atoms with Gasteiger partial charge in [0.15, 0.2) is 6.29 Å². The summed E-state index contributed by atoms with van der Waals surface area (Å²) in [7, 11) is 1.91. The second kappa shape index (κ2) is 8.24. The molecule has 0 aromatic heterocycles. The monoisotopic (exact) mass is 236 g/mol. The van der Waals surface area contributed by atoms with Crippen molar-refractivity contribution in [3.8, 4) is 0 Å². The molecular weight excluding hydrogens is 212 g/mol. The molecule has 0 aromatic rings. The average molecular weight is 236 g/mol. The quantitative estimate of drug-likeness (QED) is 0.345. The maximum Gasteiger partial charge on any atom is 0.153 e. The molecule has 0 aliphatic carbocycles. The predicted molar refractivity (Wildman–Crippen MR) is 62.6 cm³/mol. The van der Waals surface area contributed by atoms with Crippen LogP contribution in [0.2, 0.25) is 13.1 Å². The molecule has 1 atom stereocenters. The van der Waals surface area contributed by atoms with Gasteiger partial charge in [-0.25, -0.2) is 0 Å². The molecule has 0 saturated heterocycles. The maximum atomic E-state index is 5.54. The lowest BCUT2D eigenvalue weighted by atomic mass is 10.8. The van der Waals surface area contributed by atoms with Crippen LogP contribution >= 0.6 is 0 Å². The minimum atomic E-state index is -1.41. The van der Waals surface area contributed by atoms with Crippen LogP contribution < -0.4 is 0 Å². The van der Waals surface area contributed by atoms with Gasteiger partial charge in [0, 0.05) is 26.7 Å². The number of hydrogen-bond donors (Lipinski definition) is 0. The SMILES string of the molecule is COCCOC[Si](C)(C)COC(C)OC. The Labute approximate surface area is 93.9 Å². The van der Waals surface area contributed by atoms with Crippen LogP contribution in [0.25, 0.3) is 0 Å². The van der Waals surface area contributed by atoms with Crippen LogP contribution in [0.4, 0.5) is 0 Å². The summed E-state index contributed by atoms with van der Waals surface area (Å²) in [6, 6.07) is 0. The fourth-order valence-electron chi connectivity index (χ4n) is 0.943. The smallest absolute Gasteiger partial charge is 0.153 e. The fourth-order valence-corrected chi connectivity index (χ4v) is 2.41. The van der Waals surface area contributed by atoms with Gasteiger partial charge in [-0.2, -0.15) is 0 Å². The highest BCUT2D eigenvalue weighted by atomic mass is 28.3. The Morgan fingerprint density at radius 2 is 1.73 bits per heavy atom. The van der Waals surface area contributed by atoms with Gasteiger partial charge < -0.3 is 18.9 Å². The molecule has 0 N–H and O–H groups in total. The predicted octanol–water partition coefficient (Wildman–Crippen LogP) is 1.45. The van der Waals surface area contributed by atoms with Crippen molar-refractivity contribution >= 4 is 8.07 Å². The lowest BCUT2D eigenvalue weighted by Gasteiger charge is -2.23. The molecule has 0 bridgehead atoms. The maximum absolute atomic E-state index is 5.54. The van der Waals surface area contributed by atoms with Gasteiger partial charge in [-0.1, -0.05) is 13.1 Å². The topological polar surface area (TPSA) is 36.9 Å². The summed E-state index contributed by atoms with van der Waals surface area (Å²) in [4.78, 5) is 0. The van der Waals surface area contributed by atoms with E-state index < -0.39 is 8.07 Å². The molecule has 0 fully saturated rings. The summed E-state index contributed by atoms with van der Waals surface area (Å²) in [6.07, 6.45) is 1.43. The van der Waals surface area contributed by atoms with Gasteiger partial charge in [0.2, 0.25) is 0 Å². The Kier molecular flexibility index (Phi) is 8.27. The third kappa shape index (κ3) is 9.01. The second-order valence-corrected chi connectivity index (χ2v) is 9.23. The normalized spacial score (nSPS) is 14.2. The van der Waals surface area contributed by atoms with Gasteiger partial charge in [0.1, 0.15) is 8.07 Å². The first kappa shape index (κ1) is 15.1. The largest absolute Gasteiger partial charge is 0.382 e. The Bertz CT molecular complexity index is 152. The van der Waals surface area contributed by atoms with E-state index in [2.05, 4.69) is 13.1 Å². The summed E-state index contributed by atoms with van der Waals surface area (Å²) in [5.74, 6) is 0. The van der Waals surface area contributed by atoms with Gasteiger partial charge in [-0.05, 0) is 6.92 Å². The summed E-state index contributed by atoms with van der Waals surface area (Å²) in [5, 5.41) is 0. The van der Waals surface area contributed by atoms with E-state index in [-0.39, 0.29) is 6.29 Å². The van der Waals surface area contributed by atoms with Crippen molar-refractivity contribution in [1.29, 1.82) is 0 Å². The molecule has 1 unspecified atom stereocenters. The van der Waals surface area contributed by atoms with Crippen molar-refractivity contribution in [2.45, 2.75) is 26.3 Å². The molecule has 5 heteroatoms. The fraction of sp³-hybridized carbons (Fsp3) is 1.00. The second-order valence-electron chi connectivity index (χ2n) is 4.32. The summed E-state index contributed by atoms with van der Waals surface area (Å²) in [5.41, 5.74) is 0. The van der Waals surface area contributed by atoms with Crippen molar-refractivity contribution in [3.63, 3.8) is 0 Å². The van der Waals surface area contributed by atoms with Gasteiger partial charge >= 0.3 is 0 Å². The molecular formula is C10H24O4Si. The highest BCUT2D eigenvalue weighted by molar-refractivity contribution is 6.77. The zero-order valence-corrected chi connectivity index (χ0v) is 11.5. The standard InChI is InChI=1S/C10H24O4Si/c1-10(12-3)14-9-15(4,5)8-13-7-6-11-2/h10H,6-9H2,1-5H3. The third-order valence-corrected chi connectivity index (χ3v) is 3.90. The first-order chi connectivity index (χ1) is 7.02. The minimum Gasteiger partial charge on any atom is -0.382 e. The molecule has 0 amide bonds. The van der Waals surface area contributed by atoms with Crippen LogP contribution in [0.15, 0.2) is 0 Å². The molecule has 0 spiro atoms. The highest BCUT2D eigenvalue weighted by Crippen LogP contribution is 2.05. The zero-order valence-electron chi connectivity index (χ0n) is 10.5. The van der Waals surface area contributed by atoms with Gasteiger partial charge in [0.25, 0.3) is 0 Å². The Balaban J connectivity index is 3.57. The lowest BCUT2D eigenvalue weighted by molar-refractivity contribution is -0.0978. The van der Waals surface area contributed by atoms with Gasteiger partial charge in [-0.15, -0.1) is 0 Å². The van der Waals surface area contributed by atoms with Gasteiger partial charge in [-0.3, -0.25) is 0 Å². The molecule has 0 radical (unpaired) electrons. The lowest BCUT2D eigenvalue weighted by Crippen LogP contribution is -2.40. The van der Waals surface area contributed by atoms with Crippen molar-refractivity contribution < 1.29 is 18.9 Å². The summed E-state index contributed by atoms with van der Waals surface area (Å²) in [6.45, 7) is 7.69. The Hall–Kier alpha value is 0.0569. The molecule has 0 rings (SSSR count). The first-order valence-electron chi connectivity index (χ1n) is 5.23. The third-order valence-electron chi connectivity index (χ3n) is 1.97. The molecule has 0 heterocycles. The van der Waals surface area contributed by atoms with E-state index in [0.717, 1.165) is 12.5 Å². The molecule has 4 nitrogen and oxygen atoms in total. The number of ether oxygens (including phenoxy) is 4. The van der Waals surface area contributed by atoms with Crippen molar-refractivity contribution in [1.82, 2.24) is 0 Å². The summed E-state index contributed by atoms with van der Waals surface area (Å²) < 4.78 is 21.0.